The Kier molecular flexibility index (Phi) is 3.26. The SMILES string of the molecule is O=C1NC(=S)NC1=Cc1cc([N+](=O)[O-])ccc1Cl. The monoisotopic (exact) mass is 283 g/mol. The van der Waals surface area contributed by atoms with Crippen LogP contribution in [0.25, 0.3) is 6.08 Å². The lowest BCUT2D eigenvalue weighted by Crippen LogP contribution is -2.21. The Morgan fingerprint density at radius 3 is 2.67 bits per heavy atom. The largest absolute Gasteiger partial charge is 0.328 e. The van der Waals surface area contributed by atoms with Gasteiger partial charge in [0.05, 0.1) is 4.92 Å². The van der Waals surface area contributed by atoms with Crippen molar-refractivity contribution < 1.29 is 9.72 Å². The number of halogens is 1. The van der Waals surface area contributed by atoms with Gasteiger partial charge < -0.3 is 5.32 Å². The van der Waals surface area contributed by atoms with Crippen LogP contribution in [-0.2, 0) is 4.79 Å². The summed E-state index contributed by atoms with van der Waals surface area (Å²) in [5, 5.41) is 16.1. The normalized spacial score (nSPS) is 16.6. The van der Waals surface area contributed by atoms with Crippen LogP contribution in [0.15, 0.2) is 23.9 Å². The molecule has 0 spiro atoms. The van der Waals surface area contributed by atoms with Crippen molar-refractivity contribution in [2.45, 2.75) is 0 Å². The highest BCUT2D eigenvalue weighted by Crippen LogP contribution is 2.24. The molecule has 0 bridgehead atoms. The quantitative estimate of drug-likeness (QED) is 0.373. The lowest BCUT2D eigenvalue weighted by atomic mass is 10.1. The molecule has 0 radical (unpaired) electrons. The lowest BCUT2D eigenvalue weighted by Gasteiger charge is -2.00. The van der Waals surface area contributed by atoms with E-state index in [1.807, 2.05) is 0 Å². The predicted molar refractivity (Wildman–Crippen MR) is 70.0 cm³/mol. The summed E-state index contributed by atoms with van der Waals surface area (Å²) >= 11 is 10.7. The zero-order valence-electron chi connectivity index (χ0n) is 8.77. The zero-order chi connectivity index (χ0) is 13.3. The summed E-state index contributed by atoms with van der Waals surface area (Å²) in [5.41, 5.74) is 0.461. The van der Waals surface area contributed by atoms with Gasteiger partial charge in [-0.2, -0.15) is 0 Å². The van der Waals surface area contributed by atoms with Gasteiger partial charge in [0, 0.05) is 22.7 Å². The van der Waals surface area contributed by atoms with Crippen LogP contribution in [0.5, 0.6) is 0 Å². The van der Waals surface area contributed by atoms with Crippen molar-refractivity contribution in [3.63, 3.8) is 0 Å². The van der Waals surface area contributed by atoms with Crippen LogP contribution in [0.1, 0.15) is 5.56 Å². The summed E-state index contributed by atoms with van der Waals surface area (Å²) in [6, 6.07) is 3.97. The third-order valence-corrected chi connectivity index (χ3v) is 2.76. The molecular weight excluding hydrogens is 278 g/mol. The molecule has 0 saturated carbocycles. The fourth-order valence-electron chi connectivity index (χ4n) is 1.39. The second kappa shape index (κ2) is 4.71. The second-order valence-electron chi connectivity index (χ2n) is 3.43. The molecule has 1 saturated heterocycles. The molecule has 0 aromatic heterocycles. The van der Waals surface area contributed by atoms with Gasteiger partial charge in [0.15, 0.2) is 5.11 Å². The first kappa shape index (κ1) is 12.5. The number of nitro benzene ring substituents is 1. The van der Waals surface area contributed by atoms with Crippen LogP contribution in [0.4, 0.5) is 5.69 Å². The van der Waals surface area contributed by atoms with Crippen LogP contribution < -0.4 is 10.6 Å². The van der Waals surface area contributed by atoms with Gasteiger partial charge in [-0.15, -0.1) is 0 Å². The first-order valence-corrected chi connectivity index (χ1v) is 5.54. The van der Waals surface area contributed by atoms with Crippen LogP contribution in [0.3, 0.4) is 0 Å². The van der Waals surface area contributed by atoms with Crippen LogP contribution in [-0.4, -0.2) is 15.9 Å². The van der Waals surface area contributed by atoms with Crippen LogP contribution >= 0.6 is 23.8 Å². The molecule has 6 nitrogen and oxygen atoms in total. The number of hydrogen-bond donors (Lipinski definition) is 2. The average molecular weight is 284 g/mol. The minimum atomic E-state index is -0.537. The van der Waals surface area contributed by atoms with Crippen molar-refractivity contribution in [2.75, 3.05) is 0 Å². The molecular formula is C10H6ClN3O3S. The number of thiocarbonyl (C=S) groups is 1. The highest BCUT2D eigenvalue weighted by atomic mass is 35.5. The maximum Gasteiger partial charge on any atom is 0.273 e. The van der Waals surface area contributed by atoms with E-state index in [1.54, 1.807) is 0 Å². The Labute approximate surface area is 112 Å². The summed E-state index contributed by atoms with van der Waals surface area (Å²) in [5.74, 6) is -0.400. The molecule has 0 unspecified atom stereocenters. The number of rotatable bonds is 2. The van der Waals surface area contributed by atoms with E-state index < -0.39 is 10.8 Å². The smallest absolute Gasteiger partial charge is 0.273 e. The molecule has 92 valence electrons. The van der Waals surface area contributed by atoms with E-state index in [-0.39, 0.29) is 16.5 Å². The molecule has 2 rings (SSSR count). The number of benzene rings is 1. The number of amides is 1. The number of nitro groups is 1. The molecule has 8 heteroatoms. The molecule has 1 aliphatic rings. The highest BCUT2D eigenvalue weighted by molar-refractivity contribution is 7.80. The Morgan fingerprint density at radius 1 is 1.39 bits per heavy atom. The number of carbonyl (C=O) groups is 1. The topological polar surface area (TPSA) is 84.3 Å². The molecule has 1 heterocycles. The molecule has 1 fully saturated rings. The first-order chi connectivity index (χ1) is 8.47. The van der Waals surface area contributed by atoms with E-state index in [0.29, 0.717) is 10.6 Å². The van der Waals surface area contributed by atoms with Gasteiger partial charge in [0.1, 0.15) is 5.70 Å². The maximum atomic E-state index is 11.4. The molecule has 18 heavy (non-hydrogen) atoms. The van der Waals surface area contributed by atoms with Gasteiger partial charge in [-0.25, -0.2) is 0 Å². The summed E-state index contributed by atoms with van der Waals surface area (Å²) in [6.07, 6.45) is 1.41. The van der Waals surface area contributed by atoms with Crippen molar-refractivity contribution in [3.05, 3.63) is 44.6 Å². The van der Waals surface area contributed by atoms with Gasteiger partial charge >= 0.3 is 0 Å². The second-order valence-corrected chi connectivity index (χ2v) is 4.24. The number of nitrogens with one attached hydrogen (secondary N) is 2. The first-order valence-electron chi connectivity index (χ1n) is 4.75. The molecule has 1 amide bonds. The Balaban J connectivity index is 2.42. The van der Waals surface area contributed by atoms with E-state index in [2.05, 4.69) is 10.6 Å². The van der Waals surface area contributed by atoms with Crippen molar-refractivity contribution >= 4 is 46.6 Å². The van der Waals surface area contributed by atoms with Gasteiger partial charge in [0.25, 0.3) is 11.6 Å². The number of hydrogen-bond acceptors (Lipinski definition) is 4. The van der Waals surface area contributed by atoms with Crippen LogP contribution in [0.2, 0.25) is 5.02 Å². The van der Waals surface area contributed by atoms with Gasteiger partial charge in [0.2, 0.25) is 0 Å². The average Bonchev–Trinajstić information content (AvgIpc) is 2.60. The summed E-state index contributed by atoms with van der Waals surface area (Å²) in [7, 11) is 0. The Hall–Kier alpha value is -1.99. The van der Waals surface area contributed by atoms with Crippen molar-refractivity contribution in [1.82, 2.24) is 10.6 Å². The number of nitrogens with zero attached hydrogens (tertiary/aromatic N) is 1. The molecule has 2 N–H and O–H groups in total. The fourth-order valence-corrected chi connectivity index (χ4v) is 1.77. The van der Waals surface area contributed by atoms with E-state index in [1.165, 1.54) is 24.3 Å². The predicted octanol–water partition coefficient (Wildman–Crippen LogP) is 1.59. The summed E-state index contributed by atoms with van der Waals surface area (Å²) < 4.78 is 0. The van der Waals surface area contributed by atoms with Crippen LogP contribution in [0, 0.1) is 10.1 Å². The van der Waals surface area contributed by atoms with E-state index in [4.69, 9.17) is 23.8 Å². The number of carbonyl (C=O) groups excluding carboxylic acids is 1. The van der Waals surface area contributed by atoms with E-state index in [0.717, 1.165) is 0 Å². The fraction of sp³-hybridized carbons (Fsp3) is 0. The zero-order valence-corrected chi connectivity index (χ0v) is 10.3. The Morgan fingerprint density at radius 2 is 2.11 bits per heavy atom. The van der Waals surface area contributed by atoms with Gasteiger partial charge in [-0.05, 0) is 24.4 Å². The third-order valence-electron chi connectivity index (χ3n) is 2.21. The molecule has 1 aliphatic heterocycles. The molecule has 1 aromatic carbocycles. The number of non-ortho nitro benzene ring substituents is 1. The van der Waals surface area contributed by atoms with E-state index >= 15 is 0 Å². The van der Waals surface area contributed by atoms with Crippen molar-refractivity contribution in [1.29, 1.82) is 0 Å². The maximum absolute atomic E-state index is 11.4. The summed E-state index contributed by atoms with van der Waals surface area (Å²) in [6.45, 7) is 0. The molecule has 1 aromatic rings. The summed E-state index contributed by atoms with van der Waals surface area (Å²) in [4.78, 5) is 21.5. The lowest BCUT2D eigenvalue weighted by molar-refractivity contribution is -0.384. The van der Waals surface area contributed by atoms with Gasteiger partial charge in [-0.3, -0.25) is 20.2 Å². The third kappa shape index (κ3) is 2.47. The standard InChI is InChI=1S/C10H6ClN3O3S/c11-7-2-1-6(14(16)17)3-5(7)4-8-9(15)13-10(18)12-8/h1-4H,(H2,12,13,15,18). The minimum absolute atomic E-state index is 0.104. The van der Waals surface area contributed by atoms with Crippen molar-refractivity contribution in [2.24, 2.45) is 0 Å². The minimum Gasteiger partial charge on any atom is -0.328 e. The van der Waals surface area contributed by atoms with Crippen molar-refractivity contribution in [3.8, 4) is 0 Å². The van der Waals surface area contributed by atoms with Gasteiger partial charge in [-0.1, -0.05) is 11.6 Å². The van der Waals surface area contributed by atoms with E-state index in [9.17, 15) is 14.9 Å². The highest BCUT2D eigenvalue weighted by Gasteiger charge is 2.20. The molecule has 0 aliphatic carbocycles. The Bertz CT molecular complexity index is 600. The molecule has 0 atom stereocenters.